The van der Waals surface area contributed by atoms with Crippen LogP contribution in [-0.4, -0.2) is 11.7 Å². The molecule has 0 aliphatic rings. The number of benzene rings is 1. The highest BCUT2D eigenvalue weighted by Crippen LogP contribution is 2.25. The van der Waals surface area contributed by atoms with Gasteiger partial charge < -0.3 is 10.8 Å². The van der Waals surface area contributed by atoms with Crippen LogP contribution in [0.3, 0.4) is 0 Å². The molecule has 78 valence electrons. The average Bonchev–Trinajstić information content (AvgIpc) is 2.19. The van der Waals surface area contributed by atoms with Gasteiger partial charge >= 0.3 is 0 Å². The lowest BCUT2D eigenvalue weighted by molar-refractivity contribution is 0.0359. The van der Waals surface area contributed by atoms with Crippen LogP contribution >= 0.6 is 0 Å². The second-order valence-corrected chi connectivity index (χ2v) is 3.49. The van der Waals surface area contributed by atoms with E-state index in [1.165, 1.54) is 12.1 Å². The standard InChI is InChI=1S/C11H16FNO/c1-2-7-11(14,8-13)9-3-5-10(12)6-4-9/h3-6,14H,2,7-8,13H2,1H3. The van der Waals surface area contributed by atoms with Crippen molar-refractivity contribution >= 4 is 0 Å². The number of nitrogens with two attached hydrogens (primary N) is 1. The SMILES string of the molecule is CCCC(O)(CN)c1ccc(F)cc1. The van der Waals surface area contributed by atoms with E-state index in [4.69, 9.17) is 5.73 Å². The Bertz CT molecular complexity index is 286. The first-order valence-electron chi connectivity index (χ1n) is 4.81. The van der Waals surface area contributed by atoms with Gasteiger partial charge in [0.1, 0.15) is 11.4 Å². The molecule has 0 spiro atoms. The molecule has 0 amide bonds. The summed E-state index contributed by atoms with van der Waals surface area (Å²) in [4.78, 5) is 0. The van der Waals surface area contributed by atoms with Gasteiger partial charge in [-0.05, 0) is 24.1 Å². The van der Waals surface area contributed by atoms with E-state index in [-0.39, 0.29) is 12.4 Å². The van der Waals surface area contributed by atoms with E-state index in [0.717, 1.165) is 6.42 Å². The molecular weight excluding hydrogens is 181 g/mol. The van der Waals surface area contributed by atoms with E-state index in [1.807, 2.05) is 6.92 Å². The Morgan fingerprint density at radius 2 is 1.93 bits per heavy atom. The lowest BCUT2D eigenvalue weighted by atomic mass is 9.89. The molecule has 1 aromatic rings. The summed E-state index contributed by atoms with van der Waals surface area (Å²) in [5.74, 6) is -0.301. The summed E-state index contributed by atoms with van der Waals surface area (Å²) in [6.07, 6.45) is 1.43. The van der Waals surface area contributed by atoms with Crippen molar-refractivity contribution in [1.29, 1.82) is 0 Å². The van der Waals surface area contributed by atoms with Crippen molar-refractivity contribution in [3.05, 3.63) is 35.6 Å². The topological polar surface area (TPSA) is 46.2 Å². The monoisotopic (exact) mass is 197 g/mol. The molecule has 0 bridgehead atoms. The molecule has 0 radical (unpaired) electrons. The highest BCUT2D eigenvalue weighted by molar-refractivity contribution is 5.23. The summed E-state index contributed by atoms with van der Waals surface area (Å²) in [6, 6.07) is 5.84. The smallest absolute Gasteiger partial charge is 0.123 e. The first-order valence-corrected chi connectivity index (χ1v) is 4.81. The third-order valence-electron chi connectivity index (χ3n) is 2.38. The van der Waals surface area contributed by atoms with Crippen LogP contribution < -0.4 is 5.73 Å². The molecule has 0 aliphatic carbocycles. The fourth-order valence-electron chi connectivity index (χ4n) is 1.54. The van der Waals surface area contributed by atoms with Crippen molar-refractivity contribution in [2.24, 2.45) is 5.73 Å². The molecule has 0 heterocycles. The van der Waals surface area contributed by atoms with Crippen molar-refractivity contribution in [2.75, 3.05) is 6.54 Å². The Morgan fingerprint density at radius 3 is 2.36 bits per heavy atom. The lowest BCUT2D eigenvalue weighted by Crippen LogP contribution is -2.34. The second kappa shape index (κ2) is 4.53. The summed E-state index contributed by atoms with van der Waals surface area (Å²) < 4.78 is 12.7. The highest BCUT2D eigenvalue weighted by atomic mass is 19.1. The maximum absolute atomic E-state index is 12.7. The van der Waals surface area contributed by atoms with Gasteiger partial charge in [0.25, 0.3) is 0 Å². The Labute approximate surface area is 83.6 Å². The molecule has 0 fully saturated rings. The van der Waals surface area contributed by atoms with Gasteiger partial charge in [-0.3, -0.25) is 0 Å². The van der Waals surface area contributed by atoms with E-state index in [0.29, 0.717) is 12.0 Å². The van der Waals surface area contributed by atoms with E-state index in [2.05, 4.69) is 0 Å². The van der Waals surface area contributed by atoms with Crippen molar-refractivity contribution < 1.29 is 9.50 Å². The largest absolute Gasteiger partial charge is 0.384 e. The Kier molecular flexibility index (Phi) is 3.61. The van der Waals surface area contributed by atoms with Gasteiger partial charge in [0.2, 0.25) is 0 Å². The van der Waals surface area contributed by atoms with E-state index >= 15 is 0 Å². The van der Waals surface area contributed by atoms with Crippen molar-refractivity contribution in [3.63, 3.8) is 0 Å². The van der Waals surface area contributed by atoms with Gasteiger partial charge in [-0.15, -0.1) is 0 Å². The minimum absolute atomic E-state index is 0.159. The fraction of sp³-hybridized carbons (Fsp3) is 0.455. The first-order chi connectivity index (χ1) is 6.62. The molecule has 2 nitrogen and oxygen atoms in total. The van der Waals surface area contributed by atoms with Crippen LogP contribution in [0.4, 0.5) is 4.39 Å². The molecule has 3 heteroatoms. The zero-order valence-electron chi connectivity index (χ0n) is 8.33. The van der Waals surface area contributed by atoms with Crippen LogP contribution in [0.5, 0.6) is 0 Å². The molecule has 1 rings (SSSR count). The predicted molar refractivity (Wildman–Crippen MR) is 54.3 cm³/mol. The minimum Gasteiger partial charge on any atom is -0.384 e. The molecule has 3 N–H and O–H groups in total. The van der Waals surface area contributed by atoms with Gasteiger partial charge in [-0.2, -0.15) is 0 Å². The van der Waals surface area contributed by atoms with Crippen LogP contribution in [0.15, 0.2) is 24.3 Å². The number of halogens is 1. The van der Waals surface area contributed by atoms with E-state index in [9.17, 15) is 9.50 Å². The van der Waals surface area contributed by atoms with Crippen molar-refractivity contribution in [2.45, 2.75) is 25.4 Å². The molecular formula is C11H16FNO. The Morgan fingerprint density at radius 1 is 1.36 bits per heavy atom. The first kappa shape index (κ1) is 11.1. The van der Waals surface area contributed by atoms with Gasteiger partial charge in [0.05, 0.1) is 0 Å². The quantitative estimate of drug-likeness (QED) is 0.772. The normalized spacial score (nSPS) is 15.1. The van der Waals surface area contributed by atoms with Crippen LogP contribution in [0.1, 0.15) is 25.3 Å². The maximum Gasteiger partial charge on any atom is 0.123 e. The Hall–Kier alpha value is -0.930. The van der Waals surface area contributed by atoms with Crippen molar-refractivity contribution in [1.82, 2.24) is 0 Å². The minimum atomic E-state index is -1.01. The van der Waals surface area contributed by atoms with Crippen LogP contribution in [0.25, 0.3) is 0 Å². The van der Waals surface area contributed by atoms with Crippen LogP contribution in [0.2, 0.25) is 0 Å². The molecule has 1 aromatic carbocycles. The molecule has 0 saturated heterocycles. The number of aliphatic hydroxyl groups is 1. The van der Waals surface area contributed by atoms with Crippen LogP contribution in [-0.2, 0) is 5.60 Å². The molecule has 0 aliphatic heterocycles. The lowest BCUT2D eigenvalue weighted by Gasteiger charge is -2.26. The number of rotatable bonds is 4. The van der Waals surface area contributed by atoms with Gasteiger partial charge in [-0.1, -0.05) is 25.5 Å². The molecule has 0 aromatic heterocycles. The Balaban J connectivity index is 2.94. The van der Waals surface area contributed by atoms with Gasteiger partial charge in [0.15, 0.2) is 0 Å². The number of hydrogen-bond acceptors (Lipinski definition) is 2. The summed E-state index contributed by atoms with van der Waals surface area (Å²) >= 11 is 0. The van der Waals surface area contributed by atoms with Gasteiger partial charge in [-0.25, -0.2) is 4.39 Å². The second-order valence-electron chi connectivity index (χ2n) is 3.49. The van der Waals surface area contributed by atoms with E-state index in [1.54, 1.807) is 12.1 Å². The summed E-state index contributed by atoms with van der Waals surface area (Å²) in [7, 11) is 0. The summed E-state index contributed by atoms with van der Waals surface area (Å²) in [5, 5.41) is 10.1. The highest BCUT2D eigenvalue weighted by Gasteiger charge is 2.26. The van der Waals surface area contributed by atoms with Crippen molar-refractivity contribution in [3.8, 4) is 0 Å². The molecule has 14 heavy (non-hydrogen) atoms. The van der Waals surface area contributed by atoms with E-state index < -0.39 is 5.60 Å². The third-order valence-corrected chi connectivity index (χ3v) is 2.38. The zero-order valence-corrected chi connectivity index (χ0v) is 8.33. The maximum atomic E-state index is 12.7. The summed E-state index contributed by atoms with van der Waals surface area (Å²) in [5.41, 5.74) is 5.19. The fourth-order valence-corrected chi connectivity index (χ4v) is 1.54. The molecule has 1 unspecified atom stereocenters. The van der Waals surface area contributed by atoms with Gasteiger partial charge in [0, 0.05) is 6.54 Å². The predicted octanol–water partition coefficient (Wildman–Crippen LogP) is 1.77. The summed E-state index contributed by atoms with van der Waals surface area (Å²) in [6.45, 7) is 2.14. The number of hydrogen-bond donors (Lipinski definition) is 2. The average molecular weight is 197 g/mol. The molecule has 0 saturated carbocycles. The zero-order chi connectivity index (χ0) is 10.6. The molecule has 1 atom stereocenters. The van der Waals surface area contributed by atoms with Crippen LogP contribution in [0, 0.1) is 5.82 Å². The third kappa shape index (κ3) is 2.30.